The predicted molar refractivity (Wildman–Crippen MR) is 300 cm³/mol. The number of carboxylic acid groups (broad SMARTS) is 5. The Balaban J connectivity index is 1.51. The number of hydrogen-bond acceptors (Lipinski definition) is 14. The fourth-order valence-corrected chi connectivity index (χ4v) is 9.59. The topological polar surface area (TPSA) is 316 Å². The van der Waals surface area contributed by atoms with Crippen molar-refractivity contribution in [3.63, 3.8) is 0 Å². The standard InChI is InChI=1S/C56H83FN8O14S/c1-62-26-27-63(2)36-44(65(38-53(74)75)31-30-64(29-28-62)37-52(72)73)32-39-14-16-40(17-15-39)33-45(80)10-5-3-4-6-12-49(67)60-47(34-41-18-21-43(57)22-19-41)48(66)35-42(20-23-51(70)71)54(76)58-24-8-7-11-46(55(77)78)61-56(79)59-25-9-13-50(68)69/h14-19,21-22,42,44,46-47H,3-13,20,23-38H2,1-2H3,(H,58,76)(H,60,67)(H,68,69)(H,70,71)(H,72,73)(H,74,75)(H,77,78)(H2,59,61,79)/t42-,44?,46+,47+/m1/s1. The number of benzene rings is 2. The van der Waals surface area contributed by atoms with Crippen LogP contribution in [0.15, 0.2) is 48.5 Å². The highest BCUT2D eigenvalue weighted by Crippen LogP contribution is 2.19. The number of amides is 4. The zero-order chi connectivity index (χ0) is 59.0. The number of Topliss-reactive ketones (excluding diaryl/α,β-unsaturated/α-hetero) is 1. The number of unbranched alkanes of at least 4 members (excludes halogenated alkanes) is 4. The van der Waals surface area contributed by atoms with E-state index in [4.69, 9.17) is 17.3 Å². The van der Waals surface area contributed by atoms with E-state index in [1.807, 2.05) is 48.2 Å². The molecule has 24 heteroatoms. The Morgan fingerprint density at radius 2 is 1.20 bits per heavy atom. The van der Waals surface area contributed by atoms with Crippen LogP contribution in [0.25, 0.3) is 0 Å². The van der Waals surface area contributed by atoms with E-state index in [9.17, 15) is 68.0 Å². The molecule has 0 aromatic heterocycles. The van der Waals surface area contributed by atoms with Crippen LogP contribution in [0.1, 0.15) is 107 Å². The Labute approximate surface area is 473 Å². The van der Waals surface area contributed by atoms with Crippen LogP contribution < -0.4 is 21.3 Å². The lowest BCUT2D eigenvalue weighted by atomic mass is 9.91. The number of aliphatic carboxylic acids is 5. The van der Waals surface area contributed by atoms with E-state index < -0.39 is 90.1 Å². The molecule has 2 aromatic carbocycles. The minimum absolute atomic E-state index is 0.00431. The third-order valence-corrected chi connectivity index (χ3v) is 14.2. The Morgan fingerprint density at radius 1 is 0.600 bits per heavy atom. The van der Waals surface area contributed by atoms with Crippen LogP contribution in [-0.2, 0) is 57.6 Å². The molecule has 1 aliphatic heterocycles. The van der Waals surface area contributed by atoms with Crippen molar-refractivity contribution in [2.45, 2.75) is 127 Å². The van der Waals surface area contributed by atoms with Crippen molar-refractivity contribution < 1.29 is 73.1 Å². The summed E-state index contributed by atoms with van der Waals surface area (Å²) in [5.74, 6) is -8.47. The number of nitrogens with zero attached hydrogens (tertiary/aromatic N) is 4. The van der Waals surface area contributed by atoms with Crippen molar-refractivity contribution in [1.29, 1.82) is 0 Å². The Bertz CT molecular complexity index is 2330. The van der Waals surface area contributed by atoms with Crippen LogP contribution in [0.3, 0.4) is 0 Å². The SMILES string of the molecule is CN1CCN(C)CC(Cc2ccc(CC(=S)CCCCCCC(=O)N[C@@H](Cc3ccc(F)cc3)C(=O)C[C@@H](CCC(=O)O)C(=O)NCCCC[C@H](NC(=O)NCCCC(=O)O)C(=O)O)cc2)N(CC(=O)O)CCN(CC(=O)O)CC1. The Hall–Kier alpha value is -6.47. The number of carbonyl (C=O) groups is 9. The summed E-state index contributed by atoms with van der Waals surface area (Å²) in [6.45, 7) is 4.10. The molecule has 0 saturated carbocycles. The second kappa shape index (κ2) is 37.5. The van der Waals surface area contributed by atoms with E-state index >= 15 is 0 Å². The highest BCUT2D eigenvalue weighted by Gasteiger charge is 2.30. The molecule has 22 nitrogen and oxygen atoms in total. The van der Waals surface area contributed by atoms with Crippen LogP contribution in [-0.4, -0.2) is 208 Å². The number of rotatable bonds is 36. The summed E-state index contributed by atoms with van der Waals surface area (Å²) in [6.07, 6.45) is 4.36. The molecule has 0 radical (unpaired) electrons. The van der Waals surface area contributed by atoms with E-state index in [1.165, 1.54) is 24.3 Å². The van der Waals surface area contributed by atoms with Crippen molar-refractivity contribution >= 4 is 70.6 Å². The number of halogens is 1. The number of carboxylic acids is 5. The molecular weight excluding hydrogens is 1060 g/mol. The summed E-state index contributed by atoms with van der Waals surface area (Å²) >= 11 is 5.76. The number of hydrogen-bond donors (Lipinski definition) is 9. The van der Waals surface area contributed by atoms with Crippen molar-refractivity contribution in [2.24, 2.45) is 5.92 Å². The smallest absolute Gasteiger partial charge is 0.326 e. The first-order valence-corrected chi connectivity index (χ1v) is 27.9. The summed E-state index contributed by atoms with van der Waals surface area (Å²) in [5, 5.41) is 57.3. The van der Waals surface area contributed by atoms with E-state index in [-0.39, 0.29) is 83.6 Å². The molecule has 4 atom stereocenters. The lowest BCUT2D eigenvalue weighted by Crippen LogP contribution is -2.51. The fraction of sp³-hybridized carbons (Fsp3) is 0.607. The summed E-state index contributed by atoms with van der Waals surface area (Å²) < 4.78 is 13.8. The minimum atomic E-state index is -1.29. The zero-order valence-electron chi connectivity index (χ0n) is 46.2. The molecule has 2 aromatic rings. The molecule has 80 heavy (non-hydrogen) atoms. The van der Waals surface area contributed by atoms with Gasteiger partial charge in [-0.15, -0.1) is 0 Å². The molecule has 444 valence electrons. The summed E-state index contributed by atoms with van der Waals surface area (Å²) in [5.41, 5.74) is 2.64. The van der Waals surface area contributed by atoms with Gasteiger partial charge in [0.25, 0.3) is 0 Å². The lowest BCUT2D eigenvalue weighted by molar-refractivity contribution is -0.140. The van der Waals surface area contributed by atoms with E-state index in [1.54, 1.807) is 0 Å². The first-order valence-electron chi connectivity index (χ1n) is 27.5. The number of nitrogens with one attached hydrogen (secondary N) is 4. The monoisotopic (exact) mass is 1140 g/mol. The van der Waals surface area contributed by atoms with Crippen LogP contribution >= 0.6 is 12.2 Å². The van der Waals surface area contributed by atoms with Gasteiger partial charge in [0, 0.05) is 103 Å². The maximum Gasteiger partial charge on any atom is 0.326 e. The first-order chi connectivity index (χ1) is 38.1. The van der Waals surface area contributed by atoms with Crippen molar-refractivity contribution in [3.05, 3.63) is 71.0 Å². The van der Waals surface area contributed by atoms with Crippen LogP contribution in [0, 0.1) is 11.7 Å². The minimum Gasteiger partial charge on any atom is -0.481 e. The zero-order valence-corrected chi connectivity index (χ0v) is 47.0. The number of thiocarbonyl (C=S) groups is 1. The predicted octanol–water partition coefficient (Wildman–Crippen LogP) is 3.71. The summed E-state index contributed by atoms with van der Waals surface area (Å²) in [7, 11) is 4.05. The van der Waals surface area contributed by atoms with Gasteiger partial charge in [0.15, 0.2) is 5.78 Å². The van der Waals surface area contributed by atoms with E-state index in [2.05, 4.69) is 31.1 Å². The first kappa shape index (κ1) is 67.8. The van der Waals surface area contributed by atoms with E-state index in [0.717, 1.165) is 41.9 Å². The molecule has 0 bridgehead atoms. The van der Waals surface area contributed by atoms with Gasteiger partial charge in [-0.25, -0.2) is 14.0 Å². The molecule has 0 aliphatic carbocycles. The largest absolute Gasteiger partial charge is 0.481 e. The maximum atomic E-state index is 13.9. The number of urea groups is 1. The molecule has 4 amide bonds. The third kappa shape index (κ3) is 29.7. The van der Waals surface area contributed by atoms with Crippen LogP contribution in [0.2, 0.25) is 0 Å². The third-order valence-electron chi connectivity index (χ3n) is 13.9. The Kier molecular flexibility index (Phi) is 31.8. The van der Waals surface area contributed by atoms with Gasteiger partial charge in [0.05, 0.1) is 19.1 Å². The van der Waals surface area contributed by atoms with Crippen LogP contribution in [0.4, 0.5) is 9.18 Å². The van der Waals surface area contributed by atoms with Crippen molar-refractivity contribution in [2.75, 3.05) is 86.1 Å². The molecule has 1 unspecified atom stereocenters. The average molecular weight is 1140 g/mol. The molecule has 1 aliphatic rings. The fourth-order valence-electron chi connectivity index (χ4n) is 9.28. The molecule has 1 fully saturated rings. The molecule has 0 spiro atoms. The van der Waals surface area contributed by atoms with E-state index in [0.29, 0.717) is 70.4 Å². The maximum absolute atomic E-state index is 13.9. The summed E-state index contributed by atoms with van der Waals surface area (Å²) in [4.78, 5) is 119. The second-order valence-electron chi connectivity index (χ2n) is 20.7. The summed E-state index contributed by atoms with van der Waals surface area (Å²) in [6, 6.07) is 10.3. The van der Waals surface area contributed by atoms with Gasteiger partial charge in [-0.2, -0.15) is 0 Å². The molecule has 9 N–H and O–H groups in total. The highest BCUT2D eigenvalue weighted by molar-refractivity contribution is 7.80. The number of carbonyl (C=O) groups excluding carboxylic acids is 4. The van der Waals surface area contributed by atoms with Gasteiger partial charge in [-0.05, 0) is 112 Å². The van der Waals surface area contributed by atoms with Gasteiger partial charge < -0.3 is 56.6 Å². The van der Waals surface area contributed by atoms with Gasteiger partial charge in [0.1, 0.15) is 11.9 Å². The molecule has 1 heterocycles. The van der Waals surface area contributed by atoms with Crippen LogP contribution in [0.5, 0.6) is 0 Å². The molecular formula is C56H83FN8O14S. The van der Waals surface area contributed by atoms with Gasteiger partial charge in [-0.1, -0.05) is 61.5 Å². The van der Waals surface area contributed by atoms with Crippen molar-refractivity contribution in [1.82, 2.24) is 40.9 Å². The number of ketones is 1. The number of likely N-dealkylation sites (N-methyl/N-ethyl adjacent to an activating group) is 2. The van der Waals surface area contributed by atoms with Gasteiger partial charge in [0.2, 0.25) is 11.8 Å². The quantitative estimate of drug-likeness (QED) is 0.0347. The Morgan fingerprint density at radius 3 is 1.85 bits per heavy atom. The van der Waals surface area contributed by atoms with Gasteiger partial charge >= 0.3 is 35.9 Å². The normalized spacial score (nSPS) is 16.2. The highest BCUT2D eigenvalue weighted by atomic mass is 32.1. The lowest BCUT2D eigenvalue weighted by Gasteiger charge is -2.36. The van der Waals surface area contributed by atoms with Crippen molar-refractivity contribution in [3.8, 4) is 0 Å². The second-order valence-corrected chi connectivity index (χ2v) is 21.3. The average Bonchev–Trinajstić information content (AvgIpc) is 3.39. The van der Waals surface area contributed by atoms with Gasteiger partial charge in [-0.3, -0.25) is 43.4 Å². The molecule has 3 rings (SSSR count). The molecule has 1 saturated heterocycles.